The van der Waals surface area contributed by atoms with Crippen LogP contribution in [-0.2, 0) is 49.5 Å². The smallest absolute Gasteiger partial charge is 0.408 e. The van der Waals surface area contributed by atoms with E-state index in [1.807, 2.05) is 39.0 Å². The maximum atomic E-state index is 11.5. The van der Waals surface area contributed by atoms with Gasteiger partial charge in [-0.05, 0) is 44.9 Å². The van der Waals surface area contributed by atoms with E-state index in [9.17, 15) is 4.79 Å². The molecule has 2 rings (SSSR count). The van der Waals surface area contributed by atoms with Crippen LogP contribution >= 0.6 is 0 Å². The van der Waals surface area contributed by atoms with Gasteiger partial charge in [0.2, 0.25) is 0 Å². The first kappa shape index (κ1) is 24.7. The Morgan fingerprint density at radius 2 is 1.81 bits per heavy atom. The van der Waals surface area contributed by atoms with E-state index >= 15 is 0 Å². The standard InChI is InChI=1S/C15H21N5O2.C2H5NO.Pd/c1-15(2,3)22-14(21)16-11-13-17-19-20(18-13)10-9-12-7-5-4-6-8-12;1-2(3)4;/h4-8H,9-11H2,1-3H3,(H,16,21);1H3,(H2,3,4);/p-1. The first-order chi connectivity index (χ1) is 12.2. The predicted molar refractivity (Wildman–Crippen MR) is 96.0 cm³/mol. The Labute approximate surface area is 172 Å². The number of hydrogen-bond donors (Lipinski definition) is 1. The molecule has 10 heteroatoms. The van der Waals surface area contributed by atoms with Crippen LogP contribution in [0.3, 0.4) is 0 Å². The summed E-state index contributed by atoms with van der Waals surface area (Å²) < 4.78 is 5.14. The van der Waals surface area contributed by atoms with Crippen molar-refractivity contribution in [2.24, 2.45) is 0 Å². The van der Waals surface area contributed by atoms with Crippen LogP contribution in [0.25, 0.3) is 5.73 Å². The van der Waals surface area contributed by atoms with Gasteiger partial charge in [0.15, 0.2) is 5.82 Å². The minimum Gasteiger partial charge on any atom is -0.668 e. The first-order valence-corrected chi connectivity index (χ1v) is 8.15. The van der Waals surface area contributed by atoms with Crippen molar-refractivity contribution in [1.82, 2.24) is 25.5 Å². The zero-order valence-electron chi connectivity index (χ0n) is 15.8. The van der Waals surface area contributed by atoms with E-state index in [2.05, 4.69) is 32.9 Å². The fourth-order valence-electron chi connectivity index (χ4n) is 1.78. The topological polar surface area (TPSA) is 123 Å². The largest absolute Gasteiger partial charge is 0.668 e. The molecule has 27 heavy (non-hydrogen) atoms. The van der Waals surface area contributed by atoms with Gasteiger partial charge in [0, 0.05) is 26.3 Å². The zero-order valence-corrected chi connectivity index (χ0v) is 17.4. The fourth-order valence-corrected chi connectivity index (χ4v) is 1.78. The number of nitrogens with one attached hydrogen (secondary N) is 2. The maximum absolute atomic E-state index is 11.5. The van der Waals surface area contributed by atoms with Crippen molar-refractivity contribution >= 4 is 12.0 Å². The number of aryl methyl sites for hydroxylation is 2. The summed E-state index contributed by atoms with van der Waals surface area (Å²) in [6.45, 7) is 7.46. The zero-order chi connectivity index (χ0) is 19.6. The molecule has 0 saturated heterocycles. The van der Waals surface area contributed by atoms with Crippen molar-refractivity contribution in [3.05, 3.63) is 47.5 Å². The Kier molecular flexibility index (Phi) is 11.1. The van der Waals surface area contributed by atoms with Gasteiger partial charge in [0.25, 0.3) is 0 Å². The van der Waals surface area contributed by atoms with Crippen LogP contribution in [0.2, 0.25) is 0 Å². The Hall–Kier alpha value is -2.31. The van der Waals surface area contributed by atoms with Crippen LogP contribution in [0.1, 0.15) is 39.1 Å². The van der Waals surface area contributed by atoms with Gasteiger partial charge in [0.1, 0.15) is 5.60 Å². The van der Waals surface area contributed by atoms with Gasteiger partial charge >= 0.3 is 6.09 Å². The number of aromatic nitrogens is 4. The molecular weight excluding hydrogens is 443 g/mol. The molecule has 0 unspecified atom stereocenters. The number of carbonyl (C=O) groups is 2. The number of alkyl carbamates (subject to hydrolysis) is 1. The number of nitrogens with zero attached hydrogens (tertiary/aromatic N) is 4. The first-order valence-electron chi connectivity index (χ1n) is 8.15. The normalized spacial score (nSPS) is 10.1. The summed E-state index contributed by atoms with van der Waals surface area (Å²) in [5, 5.41) is 14.7. The molecule has 0 saturated carbocycles. The molecule has 0 spiro atoms. The van der Waals surface area contributed by atoms with Gasteiger partial charge in [-0.2, -0.15) is 4.80 Å². The fraction of sp³-hybridized carbons (Fsp3) is 0.471. The molecule has 0 bridgehead atoms. The third-order valence-corrected chi connectivity index (χ3v) is 2.73. The van der Waals surface area contributed by atoms with Crippen molar-refractivity contribution in [3.63, 3.8) is 0 Å². The Morgan fingerprint density at radius 3 is 2.37 bits per heavy atom. The number of rotatable bonds is 5. The van der Waals surface area contributed by atoms with E-state index < -0.39 is 17.6 Å². The summed E-state index contributed by atoms with van der Waals surface area (Å²) in [7, 11) is 0. The summed E-state index contributed by atoms with van der Waals surface area (Å²) in [5.41, 5.74) is 6.64. The summed E-state index contributed by atoms with van der Waals surface area (Å²) in [6.07, 6.45) is 0.337. The van der Waals surface area contributed by atoms with Crippen LogP contribution in [-0.4, -0.2) is 37.8 Å². The number of amides is 2. The van der Waals surface area contributed by atoms with E-state index in [0.29, 0.717) is 12.4 Å². The Bertz CT molecular complexity index is 696. The number of benzene rings is 1. The number of hydrogen-bond acceptors (Lipinski definition) is 6. The molecule has 0 fully saturated rings. The number of tetrazole rings is 1. The van der Waals surface area contributed by atoms with Gasteiger partial charge in [-0.3, -0.25) is 0 Å². The van der Waals surface area contributed by atoms with E-state index in [1.54, 1.807) is 0 Å². The Morgan fingerprint density at radius 1 is 1.22 bits per heavy atom. The van der Waals surface area contributed by atoms with Crippen molar-refractivity contribution in [2.75, 3.05) is 0 Å². The minimum absolute atomic E-state index is 0. The molecule has 2 amide bonds. The third kappa shape index (κ3) is 12.6. The third-order valence-electron chi connectivity index (χ3n) is 2.73. The van der Waals surface area contributed by atoms with Crippen LogP contribution in [0, 0.1) is 0 Å². The molecular formula is C17H25N6O3Pd-. The quantitative estimate of drug-likeness (QED) is 0.674. The predicted octanol–water partition coefficient (Wildman–Crippen LogP) is 2.52. The molecule has 2 N–H and O–H groups in total. The molecule has 0 radical (unpaired) electrons. The van der Waals surface area contributed by atoms with Crippen LogP contribution in [0.15, 0.2) is 30.3 Å². The monoisotopic (exact) mass is 467 g/mol. The van der Waals surface area contributed by atoms with Crippen molar-refractivity contribution in [3.8, 4) is 0 Å². The SMILES string of the molecule is CC(C)(C)OC(=O)NCc1nnn(CCc2ccccc2)n1.CC([NH-])=O.[Pd]. The Balaban J connectivity index is 0.00000123. The molecule has 9 nitrogen and oxygen atoms in total. The molecule has 1 aromatic carbocycles. The second-order valence-corrected chi connectivity index (χ2v) is 6.45. The van der Waals surface area contributed by atoms with Gasteiger partial charge in [0.05, 0.1) is 13.1 Å². The summed E-state index contributed by atoms with van der Waals surface area (Å²) in [5.74, 6) is -0.126. The van der Waals surface area contributed by atoms with E-state index in [0.717, 1.165) is 6.42 Å². The minimum atomic E-state index is -0.583. The average Bonchev–Trinajstić information content (AvgIpc) is 2.98. The van der Waals surface area contributed by atoms with Crippen molar-refractivity contribution in [1.29, 1.82) is 0 Å². The van der Waals surface area contributed by atoms with Gasteiger partial charge in [-0.15, -0.1) is 10.2 Å². The van der Waals surface area contributed by atoms with Crippen molar-refractivity contribution in [2.45, 2.75) is 52.8 Å². The summed E-state index contributed by atoms with van der Waals surface area (Å²) in [6, 6.07) is 10.1. The second kappa shape index (κ2) is 12.1. The summed E-state index contributed by atoms with van der Waals surface area (Å²) >= 11 is 0. The molecule has 0 aliphatic rings. The van der Waals surface area contributed by atoms with Gasteiger partial charge in [-0.1, -0.05) is 30.3 Å². The average molecular weight is 468 g/mol. The number of ether oxygens (including phenoxy) is 1. The van der Waals surface area contributed by atoms with Crippen molar-refractivity contribution < 1.29 is 34.7 Å². The summed E-state index contributed by atoms with van der Waals surface area (Å²) in [4.78, 5) is 22.2. The molecule has 1 aromatic heterocycles. The molecule has 0 atom stereocenters. The number of carbonyl (C=O) groups excluding carboxylic acids is 2. The van der Waals surface area contributed by atoms with Crippen LogP contribution in [0.5, 0.6) is 0 Å². The molecule has 1 heterocycles. The van der Waals surface area contributed by atoms with Gasteiger partial charge < -0.3 is 20.6 Å². The van der Waals surface area contributed by atoms with Crippen LogP contribution < -0.4 is 5.32 Å². The molecule has 152 valence electrons. The molecule has 0 aliphatic carbocycles. The van der Waals surface area contributed by atoms with E-state index in [1.165, 1.54) is 17.3 Å². The maximum Gasteiger partial charge on any atom is 0.408 e. The van der Waals surface area contributed by atoms with E-state index in [4.69, 9.17) is 15.3 Å². The molecule has 2 aromatic rings. The van der Waals surface area contributed by atoms with E-state index in [-0.39, 0.29) is 27.0 Å². The second-order valence-electron chi connectivity index (χ2n) is 6.45. The van der Waals surface area contributed by atoms with Gasteiger partial charge in [-0.25, -0.2) is 4.79 Å². The van der Waals surface area contributed by atoms with Crippen LogP contribution in [0.4, 0.5) is 4.79 Å². The molecule has 0 aliphatic heterocycles.